The van der Waals surface area contributed by atoms with E-state index < -0.39 is 0 Å². The number of hydrogen-bond acceptors (Lipinski definition) is 5. The molecule has 0 unspecified atom stereocenters. The van der Waals surface area contributed by atoms with Gasteiger partial charge in [-0.3, -0.25) is 19.7 Å². The predicted octanol–water partition coefficient (Wildman–Crippen LogP) is 5.44. The summed E-state index contributed by atoms with van der Waals surface area (Å²) in [6.07, 6.45) is 9.99. The van der Waals surface area contributed by atoms with Crippen LogP contribution in [0.15, 0.2) is 65.7 Å². The van der Waals surface area contributed by atoms with Crippen LogP contribution in [0.5, 0.6) is 0 Å². The maximum absolute atomic E-state index is 12.6. The van der Waals surface area contributed by atoms with E-state index in [-0.39, 0.29) is 11.5 Å². The lowest BCUT2D eigenvalue weighted by Crippen LogP contribution is -2.18. The van der Waals surface area contributed by atoms with Crippen molar-refractivity contribution in [1.82, 2.24) is 25.1 Å². The molecule has 1 amide bonds. The Bertz CT molecular complexity index is 1630. The fourth-order valence-electron chi connectivity index (χ4n) is 5.11. The summed E-state index contributed by atoms with van der Waals surface area (Å²) in [5, 5.41) is 11.8. The molecule has 3 aromatic heterocycles. The van der Waals surface area contributed by atoms with E-state index >= 15 is 0 Å². The van der Waals surface area contributed by atoms with Gasteiger partial charge in [-0.2, -0.15) is 10.1 Å². The number of anilines is 1. The van der Waals surface area contributed by atoms with Crippen LogP contribution in [0.25, 0.3) is 44.5 Å². The standard InChI is InChI=1S/C28H26N6O2/c35-25(12-17-6-2-1-3-7-17)30-20-13-19(15-29-16-20)18-10-11-24-22(14-18)26(34-33-24)27-31-23-9-5-4-8-21(23)28(36)32-27/h4-5,8-11,13-17H,1-3,6-7,12H2,(H,30,35)(H,33,34)(H,31,32,36). The number of aromatic amines is 2. The Morgan fingerprint density at radius 3 is 2.69 bits per heavy atom. The monoisotopic (exact) mass is 478 g/mol. The summed E-state index contributed by atoms with van der Waals surface area (Å²) < 4.78 is 0. The first-order valence-corrected chi connectivity index (χ1v) is 12.4. The first kappa shape index (κ1) is 22.2. The Morgan fingerprint density at radius 2 is 1.81 bits per heavy atom. The van der Waals surface area contributed by atoms with E-state index in [0.717, 1.165) is 34.9 Å². The lowest BCUT2D eigenvalue weighted by Gasteiger charge is -2.20. The van der Waals surface area contributed by atoms with Gasteiger partial charge in [-0.05, 0) is 54.7 Å². The number of carbonyl (C=O) groups excluding carboxylic acids is 1. The number of amides is 1. The number of H-pyrrole nitrogens is 2. The molecule has 1 aliphatic rings. The number of aromatic nitrogens is 5. The van der Waals surface area contributed by atoms with E-state index in [2.05, 4.69) is 30.5 Å². The van der Waals surface area contributed by atoms with E-state index in [0.29, 0.717) is 40.4 Å². The van der Waals surface area contributed by atoms with E-state index in [1.807, 2.05) is 42.5 Å². The summed E-state index contributed by atoms with van der Waals surface area (Å²) in [6, 6.07) is 15.1. The molecule has 8 nitrogen and oxygen atoms in total. The molecule has 1 fully saturated rings. The van der Waals surface area contributed by atoms with Gasteiger partial charge >= 0.3 is 0 Å². The van der Waals surface area contributed by atoms with Crippen molar-refractivity contribution in [3.05, 3.63) is 71.3 Å². The fourth-order valence-corrected chi connectivity index (χ4v) is 5.11. The van der Waals surface area contributed by atoms with Crippen molar-refractivity contribution in [2.75, 3.05) is 5.32 Å². The highest BCUT2D eigenvalue weighted by Gasteiger charge is 2.18. The first-order valence-electron chi connectivity index (χ1n) is 12.4. The van der Waals surface area contributed by atoms with Gasteiger partial charge in [0.15, 0.2) is 5.82 Å². The lowest BCUT2D eigenvalue weighted by atomic mass is 9.87. The largest absolute Gasteiger partial charge is 0.338 e. The van der Waals surface area contributed by atoms with E-state index in [1.54, 1.807) is 18.5 Å². The van der Waals surface area contributed by atoms with E-state index in [4.69, 9.17) is 0 Å². The molecule has 0 radical (unpaired) electrons. The molecule has 0 bridgehead atoms. The maximum Gasteiger partial charge on any atom is 0.281 e. The highest BCUT2D eigenvalue weighted by molar-refractivity contribution is 5.96. The van der Waals surface area contributed by atoms with Crippen LogP contribution in [0.1, 0.15) is 38.5 Å². The van der Waals surface area contributed by atoms with Crippen LogP contribution in [-0.4, -0.2) is 31.1 Å². The van der Waals surface area contributed by atoms with Crippen molar-refractivity contribution < 1.29 is 4.79 Å². The topological polar surface area (TPSA) is 116 Å². The summed E-state index contributed by atoms with van der Waals surface area (Å²) in [4.78, 5) is 37.0. The number of rotatable bonds is 5. The third-order valence-electron chi connectivity index (χ3n) is 6.97. The Labute approximate surface area is 207 Å². The number of nitrogens with zero attached hydrogens (tertiary/aromatic N) is 3. The van der Waals surface area contributed by atoms with Gasteiger partial charge in [-0.25, -0.2) is 0 Å². The molecule has 0 atom stereocenters. The number of para-hydroxylation sites is 1. The number of hydrogen-bond donors (Lipinski definition) is 3. The molecule has 2 aromatic carbocycles. The van der Waals surface area contributed by atoms with Crippen LogP contribution >= 0.6 is 0 Å². The summed E-state index contributed by atoms with van der Waals surface area (Å²) in [5.74, 6) is 0.927. The van der Waals surface area contributed by atoms with Crippen molar-refractivity contribution in [2.45, 2.75) is 38.5 Å². The van der Waals surface area contributed by atoms with Crippen molar-refractivity contribution in [1.29, 1.82) is 0 Å². The SMILES string of the molecule is O=C(CC1CCCCC1)Nc1cncc(-c2ccc3[nH]nc(-c4nc(=O)c5ccccc5[nH]4)c3c2)c1. The highest BCUT2D eigenvalue weighted by atomic mass is 16.1. The van der Waals surface area contributed by atoms with Crippen LogP contribution in [0.4, 0.5) is 5.69 Å². The van der Waals surface area contributed by atoms with Gasteiger partial charge in [0, 0.05) is 23.6 Å². The number of fused-ring (bicyclic) bond motifs is 2. The number of benzene rings is 2. The van der Waals surface area contributed by atoms with Crippen LogP contribution in [-0.2, 0) is 4.79 Å². The van der Waals surface area contributed by atoms with Crippen molar-refractivity contribution in [3.63, 3.8) is 0 Å². The van der Waals surface area contributed by atoms with Crippen molar-refractivity contribution in [2.24, 2.45) is 5.92 Å². The second-order valence-corrected chi connectivity index (χ2v) is 9.49. The van der Waals surface area contributed by atoms with E-state index in [1.165, 1.54) is 19.3 Å². The summed E-state index contributed by atoms with van der Waals surface area (Å²) in [7, 11) is 0. The zero-order valence-electron chi connectivity index (χ0n) is 19.8. The molecule has 3 N–H and O–H groups in total. The number of carbonyl (C=O) groups is 1. The average Bonchev–Trinajstić information content (AvgIpc) is 3.33. The minimum absolute atomic E-state index is 0.0414. The molecule has 8 heteroatoms. The van der Waals surface area contributed by atoms with Gasteiger partial charge in [0.25, 0.3) is 5.56 Å². The molecule has 0 aliphatic heterocycles. The second kappa shape index (κ2) is 9.37. The predicted molar refractivity (Wildman–Crippen MR) is 141 cm³/mol. The zero-order chi connectivity index (χ0) is 24.5. The molecular formula is C28H26N6O2. The molecule has 180 valence electrons. The smallest absolute Gasteiger partial charge is 0.281 e. The van der Waals surface area contributed by atoms with E-state index in [9.17, 15) is 9.59 Å². The Morgan fingerprint density at radius 1 is 0.944 bits per heavy atom. The summed E-state index contributed by atoms with van der Waals surface area (Å²) in [6.45, 7) is 0. The van der Waals surface area contributed by atoms with Gasteiger partial charge < -0.3 is 10.3 Å². The molecule has 36 heavy (non-hydrogen) atoms. The first-order chi connectivity index (χ1) is 17.6. The second-order valence-electron chi connectivity index (χ2n) is 9.49. The van der Waals surface area contributed by atoms with Gasteiger partial charge in [-0.15, -0.1) is 0 Å². The third kappa shape index (κ3) is 4.37. The highest BCUT2D eigenvalue weighted by Crippen LogP contribution is 2.30. The Hall–Kier alpha value is -4.33. The Balaban J connectivity index is 1.30. The molecular weight excluding hydrogens is 452 g/mol. The van der Waals surface area contributed by atoms with Crippen molar-refractivity contribution >= 4 is 33.4 Å². The summed E-state index contributed by atoms with van der Waals surface area (Å²) in [5.41, 5.74) is 4.28. The quantitative estimate of drug-likeness (QED) is 0.311. The molecule has 6 rings (SSSR count). The normalized spacial score (nSPS) is 14.3. The lowest BCUT2D eigenvalue weighted by molar-refractivity contribution is -0.117. The molecule has 5 aromatic rings. The third-order valence-corrected chi connectivity index (χ3v) is 6.97. The average molecular weight is 479 g/mol. The number of pyridine rings is 1. The van der Waals surface area contributed by atoms with Crippen molar-refractivity contribution in [3.8, 4) is 22.6 Å². The van der Waals surface area contributed by atoms with Gasteiger partial charge in [-0.1, -0.05) is 37.5 Å². The van der Waals surface area contributed by atoms with Crippen LogP contribution in [0, 0.1) is 5.92 Å². The van der Waals surface area contributed by atoms with Crippen LogP contribution < -0.4 is 10.9 Å². The molecule has 3 heterocycles. The van der Waals surface area contributed by atoms with Crippen LogP contribution in [0.2, 0.25) is 0 Å². The van der Waals surface area contributed by atoms with Crippen LogP contribution in [0.3, 0.4) is 0 Å². The molecule has 1 saturated carbocycles. The Kier molecular flexibility index (Phi) is 5.77. The van der Waals surface area contributed by atoms with Gasteiger partial charge in [0.1, 0.15) is 5.69 Å². The maximum atomic E-state index is 12.6. The molecule has 0 saturated heterocycles. The molecule has 1 aliphatic carbocycles. The zero-order valence-corrected chi connectivity index (χ0v) is 19.8. The van der Waals surface area contributed by atoms with Gasteiger partial charge in [0.05, 0.1) is 28.3 Å². The minimum atomic E-state index is -0.299. The number of nitrogens with one attached hydrogen (secondary N) is 3. The molecule has 0 spiro atoms. The van der Waals surface area contributed by atoms with Gasteiger partial charge in [0.2, 0.25) is 5.91 Å². The fraction of sp³-hybridized carbons (Fsp3) is 0.250. The summed E-state index contributed by atoms with van der Waals surface area (Å²) >= 11 is 0. The minimum Gasteiger partial charge on any atom is -0.338 e.